The van der Waals surface area contributed by atoms with Crippen LogP contribution in [0.3, 0.4) is 0 Å². The molecule has 0 saturated heterocycles. The summed E-state index contributed by atoms with van der Waals surface area (Å²) in [6.07, 6.45) is 1.76. The minimum atomic E-state index is -0.0323. The Labute approximate surface area is 108 Å². The number of benzene rings is 1. The summed E-state index contributed by atoms with van der Waals surface area (Å²) in [5, 5.41) is 5.63. The molecule has 98 valence electrons. The van der Waals surface area contributed by atoms with Gasteiger partial charge in [0.15, 0.2) is 0 Å². The van der Waals surface area contributed by atoms with Crippen LogP contribution in [-0.4, -0.2) is 11.8 Å². The van der Waals surface area contributed by atoms with E-state index in [4.69, 9.17) is 0 Å². The van der Waals surface area contributed by atoms with Gasteiger partial charge in [-0.2, -0.15) is 0 Å². The molecule has 1 rings (SSSR count). The number of rotatable bonds is 5. The number of carbonyl (C=O) groups is 2. The van der Waals surface area contributed by atoms with Crippen molar-refractivity contribution < 1.29 is 9.59 Å². The maximum absolute atomic E-state index is 11.5. The zero-order valence-corrected chi connectivity index (χ0v) is 11.2. The minimum Gasteiger partial charge on any atom is -0.326 e. The van der Waals surface area contributed by atoms with Gasteiger partial charge in [-0.15, -0.1) is 0 Å². The van der Waals surface area contributed by atoms with E-state index in [1.807, 2.05) is 26.0 Å². The zero-order chi connectivity index (χ0) is 13.5. The first-order chi connectivity index (χ1) is 8.56. The Morgan fingerprint density at radius 1 is 1.11 bits per heavy atom. The van der Waals surface area contributed by atoms with E-state index >= 15 is 0 Å². The van der Waals surface area contributed by atoms with Crippen LogP contribution in [0.4, 0.5) is 11.4 Å². The molecule has 1 aromatic rings. The lowest BCUT2D eigenvalue weighted by atomic mass is 10.1. The second kappa shape index (κ2) is 6.79. The van der Waals surface area contributed by atoms with Crippen LogP contribution >= 0.6 is 0 Å². The van der Waals surface area contributed by atoms with E-state index < -0.39 is 0 Å². The maximum atomic E-state index is 11.5. The zero-order valence-electron chi connectivity index (χ0n) is 11.2. The van der Waals surface area contributed by atoms with Crippen LogP contribution in [0.1, 0.15) is 38.7 Å². The third-order valence-electron chi connectivity index (χ3n) is 2.59. The van der Waals surface area contributed by atoms with Crippen LogP contribution in [0.2, 0.25) is 0 Å². The summed E-state index contributed by atoms with van der Waals surface area (Å²) in [4.78, 5) is 22.9. The van der Waals surface area contributed by atoms with E-state index in [0.717, 1.165) is 17.7 Å². The minimum absolute atomic E-state index is 0.00544. The number of aryl methyl sites for hydroxylation is 1. The van der Waals surface area contributed by atoms with Gasteiger partial charge >= 0.3 is 0 Å². The van der Waals surface area contributed by atoms with Crippen LogP contribution in [0.15, 0.2) is 18.2 Å². The van der Waals surface area contributed by atoms with E-state index in [1.54, 1.807) is 13.0 Å². The standard InChI is InChI=1S/C14H20N2O2/c1-4-6-14(18)15-11-8-7-10(3)12(9-11)16-13(17)5-2/h7-9H,4-6H2,1-3H3,(H,15,18)(H,16,17). The summed E-state index contributed by atoms with van der Waals surface area (Å²) < 4.78 is 0. The maximum Gasteiger partial charge on any atom is 0.224 e. The highest BCUT2D eigenvalue weighted by atomic mass is 16.2. The number of carbonyl (C=O) groups excluding carboxylic acids is 2. The van der Waals surface area contributed by atoms with Crippen LogP contribution in [0.25, 0.3) is 0 Å². The van der Waals surface area contributed by atoms with Crippen molar-refractivity contribution in [2.45, 2.75) is 40.0 Å². The lowest BCUT2D eigenvalue weighted by Gasteiger charge is -2.11. The van der Waals surface area contributed by atoms with Gasteiger partial charge in [0.25, 0.3) is 0 Å². The molecule has 0 spiro atoms. The Balaban J connectivity index is 2.80. The Hall–Kier alpha value is -1.84. The Morgan fingerprint density at radius 2 is 1.83 bits per heavy atom. The summed E-state index contributed by atoms with van der Waals surface area (Å²) >= 11 is 0. The average molecular weight is 248 g/mol. The fourth-order valence-corrected chi connectivity index (χ4v) is 1.52. The molecule has 4 heteroatoms. The van der Waals surface area contributed by atoms with Crippen molar-refractivity contribution in [2.24, 2.45) is 0 Å². The SMILES string of the molecule is CCCC(=O)Nc1ccc(C)c(NC(=O)CC)c1. The molecule has 0 unspecified atom stereocenters. The molecule has 0 fully saturated rings. The van der Waals surface area contributed by atoms with Gasteiger partial charge in [0, 0.05) is 24.2 Å². The van der Waals surface area contributed by atoms with Gasteiger partial charge in [-0.3, -0.25) is 9.59 Å². The van der Waals surface area contributed by atoms with E-state index in [-0.39, 0.29) is 11.8 Å². The predicted molar refractivity (Wildman–Crippen MR) is 73.6 cm³/mol. The molecule has 2 amide bonds. The first kappa shape index (κ1) is 14.2. The van der Waals surface area contributed by atoms with E-state index in [9.17, 15) is 9.59 Å². The molecule has 0 heterocycles. The number of hydrogen-bond acceptors (Lipinski definition) is 2. The first-order valence-electron chi connectivity index (χ1n) is 6.27. The van der Waals surface area contributed by atoms with Crippen molar-refractivity contribution in [3.8, 4) is 0 Å². The number of anilines is 2. The molecular formula is C14H20N2O2. The van der Waals surface area contributed by atoms with Crippen molar-refractivity contribution in [1.29, 1.82) is 0 Å². The molecule has 0 bridgehead atoms. The van der Waals surface area contributed by atoms with Gasteiger partial charge < -0.3 is 10.6 Å². The predicted octanol–water partition coefficient (Wildman–Crippen LogP) is 3.08. The van der Waals surface area contributed by atoms with Crippen LogP contribution < -0.4 is 10.6 Å². The Kier molecular flexibility index (Phi) is 5.36. The smallest absolute Gasteiger partial charge is 0.224 e. The van der Waals surface area contributed by atoms with Gasteiger partial charge in [-0.1, -0.05) is 19.9 Å². The molecule has 0 aromatic heterocycles. The van der Waals surface area contributed by atoms with Crippen molar-refractivity contribution in [3.63, 3.8) is 0 Å². The molecule has 0 radical (unpaired) electrons. The van der Waals surface area contributed by atoms with Gasteiger partial charge in [0.2, 0.25) is 11.8 Å². The molecular weight excluding hydrogens is 228 g/mol. The Bertz CT molecular complexity index is 441. The molecule has 0 atom stereocenters. The highest BCUT2D eigenvalue weighted by Gasteiger charge is 2.06. The number of hydrogen-bond donors (Lipinski definition) is 2. The van der Waals surface area contributed by atoms with Gasteiger partial charge in [0.05, 0.1) is 0 Å². The summed E-state index contributed by atoms with van der Waals surface area (Å²) in [5.41, 5.74) is 2.44. The lowest BCUT2D eigenvalue weighted by Crippen LogP contribution is -2.13. The van der Waals surface area contributed by atoms with Gasteiger partial charge in [0.1, 0.15) is 0 Å². The van der Waals surface area contributed by atoms with Gasteiger partial charge in [-0.05, 0) is 31.0 Å². The normalized spacial score (nSPS) is 9.94. The van der Waals surface area contributed by atoms with Crippen molar-refractivity contribution in [2.75, 3.05) is 10.6 Å². The summed E-state index contributed by atoms with van der Waals surface area (Å²) in [7, 11) is 0. The van der Waals surface area contributed by atoms with Gasteiger partial charge in [-0.25, -0.2) is 0 Å². The second-order valence-corrected chi connectivity index (χ2v) is 4.23. The number of nitrogens with one attached hydrogen (secondary N) is 2. The third-order valence-corrected chi connectivity index (χ3v) is 2.59. The molecule has 0 aliphatic rings. The highest BCUT2D eigenvalue weighted by molar-refractivity contribution is 5.94. The van der Waals surface area contributed by atoms with Crippen LogP contribution in [0.5, 0.6) is 0 Å². The monoisotopic (exact) mass is 248 g/mol. The quantitative estimate of drug-likeness (QED) is 0.841. The number of amides is 2. The molecule has 0 aliphatic heterocycles. The summed E-state index contributed by atoms with van der Waals surface area (Å²) in [5.74, 6) is -0.0377. The molecule has 4 nitrogen and oxygen atoms in total. The second-order valence-electron chi connectivity index (χ2n) is 4.23. The van der Waals surface area contributed by atoms with E-state index in [0.29, 0.717) is 18.5 Å². The fourth-order valence-electron chi connectivity index (χ4n) is 1.52. The molecule has 2 N–H and O–H groups in total. The lowest BCUT2D eigenvalue weighted by molar-refractivity contribution is -0.116. The fraction of sp³-hybridized carbons (Fsp3) is 0.429. The molecule has 18 heavy (non-hydrogen) atoms. The topological polar surface area (TPSA) is 58.2 Å². The van der Waals surface area contributed by atoms with Crippen LogP contribution in [-0.2, 0) is 9.59 Å². The molecule has 1 aromatic carbocycles. The average Bonchev–Trinajstić information content (AvgIpc) is 2.33. The van der Waals surface area contributed by atoms with E-state index in [1.165, 1.54) is 0 Å². The largest absolute Gasteiger partial charge is 0.326 e. The molecule has 0 saturated carbocycles. The van der Waals surface area contributed by atoms with Crippen molar-refractivity contribution in [3.05, 3.63) is 23.8 Å². The van der Waals surface area contributed by atoms with E-state index in [2.05, 4.69) is 10.6 Å². The third kappa shape index (κ3) is 4.20. The Morgan fingerprint density at radius 3 is 2.44 bits per heavy atom. The summed E-state index contributed by atoms with van der Waals surface area (Å²) in [6.45, 7) is 5.68. The van der Waals surface area contributed by atoms with Crippen LogP contribution in [0, 0.1) is 6.92 Å². The highest BCUT2D eigenvalue weighted by Crippen LogP contribution is 2.20. The molecule has 0 aliphatic carbocycles. The van der Waals surface area contributed by atoms with Crippen molar-refractivity contribution >= 4 is 23.2 Å². The van der Waals surface area contributed by atoms with Crippen molar-refractivity contribution in [1.82, 2.24) is 0 Å². The summed E-state index contributed by atoms with van der Waals surface area (Å²) in [6, 6.07) is 5.51. The first-order valence-corrected chi connectivity index (χ1v) is 6.27.